The molecule has 0 bridgehead atoms. The van der Waals surface area contributed by atoms with Gasteiger partial charge in [-0.15, -0.1) is 0 Å². The summed E-state index contributed by atoms with van der Waals surface area (Å²) in [5.74, 6) is -3.11. The Labute approximate surface area is 125 Å². The smallest absolute Gasteiger partial charge is 0.550 e. The van der Waals surface area contributed by atoms with Gasteiger partial charge in [0.05, 0.1) is 13.0 Å². The van der Waals surface area contributed by atoms with Gasteiger partial charge in [0.25, 0.3) is 0 Å². The number of carbonyl (C=O) groups excluding carboxylic acids is 2. The van der Waals surface area contributed by atoms with E-state index in [1.807, 2.05) is 0 Å². The number of carbonyl (C=O) groups is 2. The average molecular weight is 222 g/mol. The van der Waals surface area contributed by atoms with E-state index in [1.54, 1.807) is 12.2 Å². The molecule has 0 fully saturated rings. The molecule has 0 N–H and O–H groups in total. The van der Waals surface area contributed by atoms with Gasteiger partial charge in [-0.25, -0.2) is 0 Å². The van der Waals surface area contributed by atoms with Crippen molar-refractivity contribution in [1.29, 1.82) is 0 Å². The number of hydrogen-bond acceptors (Lipinski definition) is 4. The van der Waals surface area contributed by atoms with E-state index >= 15 is 0 Å². The topological polar surface area (TPSA) is 66.4 Å². The second-order valence-corrected chi connectivity index (χ2v) is 2.98. The van der Waals surface area contributed by atoms with E-state index in [2.05, 4.69) is 4.74 Å². The zero-order valence-electron chi connectivity index (χ0n) is 8.36. The van der Waals surface area contributed by atoms with Gasteiger partial charge in [0.15, 0.2) is 0 Å². The maximum Gasteiger partial charge on any atom is 1.00 e. The molecule has 0 aromatic heterocycles. The minimum Gasteiger partial charge on any atom is -0.550 e. The first-order valence-electron chi connectivity index (χ1n) is 4.12. The molecule has 1 aliphatic rings. The maximum absolute atomic E-state index is 11.1. The second kappa shape index (κ2) is 6.74. The normalized spacial score (nSPS) is 24.9. The Morgan fingerprint density at radius 2 is 2.14 bits per heavy atom. The number of rotatable bonds is 2. The molecular weight excluding hydrogens is 211 g/mol. The van der Waals surface area contributed by atoms with Crippen molar-refractivity contribution in [2.24, 2.45) is 11.8 Å². The molecule has 0 aromatic carbocycles. The third-order valence-corrected chi connectivity index (χ3v) is 2.20. The largest absolute Gasteiger partial charge is 1.00 e. The van der Waals surface area contributed by atoms with Crippen LogP contribution in [0.25, 0.3) is 0 Å². The van der Waals surface area contributed by atoms with Crippen LogP contribution >= 0.6 is 0 Å². The molecule has 1 rings (SSSR count). The van der Waals surface area contributed by atoms with Gasteiger partial charge in [0.2, 0.25) is 0 Å². The van der Waals surface area contributed by atoms with E-state index in [0.717, 1.165) is 0 Å². The molecule has 0 radical (unpaired) electrons. The number of methoxy groups -OCH3 is 1. The van der Waals surface area contributed by atoms with Crippen molar-refractivity contribution in [2.45, 2.75) is 12.8 Å². The number of ether oxygens (including phenoxy) is 1. The van der Waals surface area contributed by atoms with Crippen LogP contribution in [0.3, 0.4) is 0 Å². The van der Waals surface area contributed by atoms with Crippen LogP contribution in [-0.4, -0.2) is 19.0 Å². The van der Waals surface area contributed by atoms with Crippen LogP contribution in [0.5, 0.6) is 0 Å². The van der Waals surface area contributed by atoms with Crippen LogP contribution in [0.2, 0.25) is 0 Å². The van der Waals surface area contributed by atoms with Gasteiger partial charge in [0, 0.05) is 11.9 Å². The molecule has 0 amide bonds. The van der Waals surface area contributed by atoms with Gasteiger partial charge in [-0.1, -0.05) is 12.2 Å². The number of allylic oxidation sites excluding steroid dienone is 1. The zero-order chi connectivity index (χ0) is 9.84. The molecule has 0 aromatic rings. The molecule has 2 atom stereocenters. The number of esters is 1. The van der Waals surface area contributed by atoms with Gasteiger partial charge in [-0.05, 0) is 12.8 Å². The summed E-state index contributed by atoms with van der Waals surface area (Å²) in [5.41, 5.74) is 0. The van der Waals surface area contributed by atoms with Gasteiger partial charge >= 0.3 is 57.4 Å². The van der Waals surface area contributed by atoms with Crippen LogP contribution in [0, 0.1) is 11.8 Å². The van der Waals surface area contributed by atoms with Crippen LogP contribution < -0.4 is 56.5 Å². The first-order valence-corrected chi connectivity index (χ1v) is 4.12. The summed E-state index contributed by atoms with van der Waals surface area (Å²) in [6, 6.07) is 0. The summed E-state index contributed by atoms with van der Waals surface area (Å²) in [5, 5.41) is 10.6. The molecule has 5 heteroatoms. The van der Waals surface area contributed by atoms with Crippen molar-refractivity contribution in [3.8, 4) is 0 Å². The van der Waals surface area contributed by atoms with Crippen molar-refractivity contribution in [1.82, 2.24) is 0 Å². The van der Waals surface area contributed by atoms with Crippen LogP contribution in [-0.2, 0) is 14.3 Å². The predicted molar refractivity (Wildman–Crippen MR) is 42.4 cm³/mol. The van der Waals surface area contributed by atoms with Gasteiger partial charge in [-0.2, -0.15) is 0 Å². The van der Waals surface area contributed by atoms with Crippen LogP contribution in [0.15, 0.2) is 12.2 Å². The van der Waals surface area contributed by atoms with E-state index in [1.165, 1.54) is 7.11 Å². The zero-order valence-corrected chi connectivity index (χ0v) is 11.5. The summed E-state index contributed by atoms with van der Waals surface area (Å²) in [7, 11) is 1.25. The summed E-state index contributed by atoms with van der Waals surface area (Å²) in [6.45, 7) is 0. The Morgan fingerprint density at radius 1 is 1.50 bits per heavy atom. The first kappa shape index (κ1) is 14.3. The van der Waals surface area contributed by atoms with Crippen molar-refractivity contribution in [3.63, 3.8) is 0 Å². The second-order valence-electron chi connectivity index (χ2n) is 2.98. The van der Waals surface area contributed by atoms with Gasteiger partial charge in [-0.3, -0.25) is 4.79 Å². The molecule has 0 heterocycles. The summed E-state index contributed by atoms with van der Waals surface area (Å²) >= 11 is 0. The summed E-state index contributed by atoms with van der Waals surface area (Å²) in [6.07, 6.45) is 4.49. The Hall–Kier alpha value is 0.316. The van der Waals surface area contributed by atoms with Gasteiger partial charge in [0.1, 0.15) is 0 Å². The summed E-state index contributed by atoms with van der Waals surface area (Å²) < 4.78 is 4.49. The molecule has 4 nitrogen and oxygen atoms in total. The molecule has 2 unspecified atom stereocenters. The first-order chi connectivity index (χ1) is 6.16. The molecule has 14 heavy (non-hydrogen) atoms. The van der Waals surface area contributed by atoms with Crippen molar-refractivity contribution in [3.05, 3.63) is 12.2 Å². The number of carboxylic acids is 1. The van der Waals surface area contributed by atoms with Crippen molar-refractivity contribution >= 4 is 11.9 Å². The molecule has 0 aliphatic heterocycles. The molecule has 72 valence electrons. The minimum absolute atomic E-state index is 0. The van der Waals surface area contributed by atoms with E-state index in [0.29, 0.717) is 12.8 Å². The molecule has 0 saturated carbocycles. The van der Waals surface area contributed by atoms with Crippen molar-refractivity contribution < 1.29 is 70.8 Å². The van der Waals surface area contributed by atoms with Gasteiger partial charge < -0.3 is 14.6 Å². The molecule has 0 saturated heterocycles. The fourth-order valence-electron chi connectivity index (χ4n) is 1.48. The molecule has 0 spiro atoms. The van der Waals surface area contributed by atoms with E-state index in [-0.39, 0.29) is 51.4 Å². The molecular formula is C9H11KO4. The fourth-order valence-corrected chi connectivity index (χ4v) is 1.48. The van der Waals surface area contributed by atoms with Crippen molar-refractivity contribution in [2.75, 3.05) is 7.11 Å². The quantitative estimate of drug-likeness (QED) is 0.276. The number of hydrogen-bond donors (Lipinski definition) is 0. The Kier molecular flexibility index (Phi) is 6.89. The number of carboxylic acid groups (broad SMARTS) is 1. The summed E-state index contributed by atoms with van der Waals surface area (Å²) in [4.78, 5) is 21.7. The third-order valence-electron chi connectivity index (χ3n) is 2.20. The minimum atomic E-state index is -1.18. The van der Waals surface area contributed by atoms with E-state index in [4.69, 9.17) is 0 Å². The van der Waals surface area contributed by atoms with E-state index < -0.39 is 23.8 Å². The standard InChI is InChI=1S/C9H12O4.K/c1-13-9(12)7-5-3-2-4-6(7)8(10)11;/h3,5-7H,2,4H2,1H3,(H,10,11);/q;+1/p-1. The monoisotopic (exact) mass is 222 g/mol. The average Bonchev–Trinajstić information content (AvgIpc) is 2.16. The Morgan fingerprint density at radius 3 is 2.64 bits per heavy atom. The Balaban J connectivity index is 0.00000169. The maximum atomic E-state index is 11.1. The van der Waals surface area contributed by atoms with E-state index in [9.17, 15) is 14.7 Å². The number of aliphatic carboxylic acids is 1. The van der Waals surface area contributed by atoms with Crippen LogP contribution in [0.4, 0.5) is 0 Å². The Bertz CT molecular complexity index is 249. The van der Waals surface area contributed by atoms with Crippen LogP contribution in [0.1, 0.15) is 12.8 Å². The fraction of sp³-hybridized carbons (Fsp3) is 0.556. The predicted octanol–water partition coefficient (Wildman–Crippen LogP) is -3.50. The third kappa shape index (κ3) is 3.47. The molecule has 1 aliphatic carbocycles. The SMILES string of the molecule is COC(=O)C1C=CCCC1C(=O)[O-].[K+].